The summed E-state index contributed by atoms with van der Waals surface area (Å²) >= 11 is 2.94. The molecule has 0 aromatic heterocycles. The summed E-state index contributed by atoms with van der Waals surface area (Å²) in [6.45, 7) is -0.402. The molecule has 0 spiro atoms. The van der Waals surface area contributed by atoms with Crippen molar-refractivity contribution in [2.24, 2.45) is 0 Å². The lowest BCUT2D eigenvalue weighted by molar-refractivity contribution is -0.137. The van der Waals surface area contributed by atoms with Crippen molar-refractivity contribution in [3.05, 3.63) is 35.1 Å². The molecule has 0 aliphatic rings. The van der Waals surface area contributed by atoms with Crippen LogP contribution >= 0.6 is 15.9 Å². The van der Waals surface area contributed by atoms with Crippen LogP contribution in [-0.2, 0) is 6.18 Å². The normalized spacial score (nSPS) is 14.0. The molecule has 1 N–H and O–H groups in total. The van der Waals surface area contributed by atoms with Gasteiger partial charge in [-0.15, -0.1) is 0 Å². The summed E-state index contributed by atoms with van der Waals surface area (Å²) in [5.74, 6) is -0.974. The Labute approximate surface area is 91.9 Å². The van der Waals surface area contributed by atoms with Crippen LogP contribution < -0.4 is 0 Å². The highest BCUT2D eigenvalue weighted by Gasteiger charge is 2.31. The van der Waals surface area contributed by atoms with E-state index in [2.05, 4.69) is 15.9 Å². The van der Waals surface area contributed by atoms with E-state index in [0.29, 0.717) is 6.07 Å². The molecule has 0 saturated carbocycles. The fraction of sp³-hybridized carbons (Fsp3) is 0.333. The first-order valence-corrected chi connectivity index (χ1v) is 4.89. The molecule has 15 heavy (non-hydrogen) atoms. The Kier molecular flexibility index (Phi) is 3.72. The monoisotopic (exact) mass is 286 g/mol. The van der Waals surface area contributed by atoms with Gasteiger partial charge < -0.3 is 5.11 Å². The minimum absolute atomic E-state index is 0.0600. The van der Waals surface area contributed by atoms with Gasteiger partial charge in [0.05, 0.1) is 17.0 Å². The molecule has 0 amide bonds. The topological polar surface area (TPSA) is 20.2 Å². The van der Waals surface area contributed by atoms with Crippen molar-refractivity contribution in [3.63, 3.8) is 0 Å². The third-order valence-electron chi connectivity index (χ3n) is 1.77. The molecular weight excluding hydrogens is 280 g/mol. The van der Waals surface area contributed by atoms with E-state index in [0.717, 1.165) is 12.1 Å². The zero-order valence-corrected chi connectivity index (χ0v) is 8.94. The second kappa shape index (κ2) is 4.49. The number of benzene rings is 1. The van der Waals surface area contributed by atoms with Crippen LogP contribution in [0.3, 0.4) is 0 Å². The SMILES string of the molecule is OCC(Br)c1cc(F)cc(C(F)(F)F)c1. The van der Waals surface area contributed by atoms with E-state index >= 15 is 0 Å². The van der Waals surface area contributed by atoms with Crippen molar-refractivity contribution in [2.45, 2.75) is 11.0 Å². The van der Waals surface area contributed by atoms with Crippen LogP contribution in [0.4, 0.5) is 17.6 Å². The van der Waals surface area contributed by atoms with Crippen LogP contribution in [0.25, 0.3) is 0 Å². The van der Waals surface area contributed by atoms with Gasteiger partial charge in [-0.25, -0.2) is 4.39 Å². The highest BCUT2D eigenvalue weighted by atomic mass is 79.9. The van der Waals surface area contributed by atoms with Gasteiger partial charge in [0.15, 0.2) is 0 Å². The predicted molar refractivity (Wildman–Crippen MR) is 50.2 cm³/mol. The number of halogens is 5. The Morgan fingerprint density at radius 1 is 1.27 bits per heavy atom. The number of aliphatic hydroxyl groups is 1. The van der Waals surface area contributed by atoms with Gasteiger partial charge in [0.2, 0.25) is 0 Å². The number of rotatable bonds is 2. The fourth-order valence-corrected chi connectivity index (χ4v) is 1.33. The van der Waals surface area contributed by atoms with E-state index in [9.17, 15) is 17.6 Å². The van der Waals surface area contributed by atoms with E-state index < -0.39 is 29.0 Å². The molecule has 1 atom stereocenters. The molecule has 1 nitrogen and oxygen atoms in total. The second-order valence-electron chi connectivity index (χ2n) is 2.92. The maximum absolute atomic E-state index is 12.9. The number of hydrogen-bond acceptors (Lipinski definition) is 1. The van der Waals surface area contributed by atoms with Gasteiger partial charge in [-0.2, -0.15) is 13.2 Å². The average molecular weight is 287 g/mol. The van der Waals surface area contributed by atoms with Crippen molar-refractivity contribution in [3.8, 4) is 0 Å². The van der Waals surface area contributed by atoms with Crippen molar-refractivity contribution >= 4 is 15.9 Å². The summed E-state index contributed by atoms with van der Waals surface area (Å²) in [6, 6.07) is 2.17. The molecule has 1 rings (SSSR count). The van der Waals surface area contributed by atoms with Gasteiger partial charge in [0.25, 0.3) is 0 Å². The maximum Gasteiger partial charge on any atom is 0.416 e. The van der Waals surface area contributed by atoms with Crippen LogP contribution in [0, 0.1) is 5.82 Å². The number of alkyl halides is 4. The van der Waals surface area contributed by atoms with Crippen molar-refractivity contribution in [2.75, 3.05) is 6.61 Å². The maximum atomic E-state index is 12.9. The highest BCUT2D eigenvalue weighted by molar-refractivity contribution is 9.09. The van der Waals surface area contributed by atoms with E-state index in [1.165, 1.54) is 0 Å². The molecule has 0 heterocycles. The first-order valence-electron chi connectivity index (χ1n) is 3.97. The van der Waals surface area contributed by atoms with Crippen LogP contribution in [-0.4, -0.2) is 11.7 Å². The van der Waals surface area contributed by atoms with Crippen LogP contribution in [0.1, 0.15) is 16.0 Å². The van der Waals surface area contributed by atoms with Crippen LogP contribution in [0.2, 0.25) is 0 Å². The lowest BCUT2D eigenvalue weighted by atomic mass is 10.1. The Balaban J connectivity index is 3.17. The molecule has 84 valence electrons. The third kappa shape index (κ3) is 3.17. The molecule has 1 aromatic carbocycles. The first-order chi connectivity index (χ1) is 6.84. The lowest BCUT2D eigenvalue weighted by Crippen LogP contribution is -2.07. The van der Waals surface area contributed by atoms with Crippen LogP contribution in [0.5, 0.6) is 0 Å². The molecule has 1 unspecified atom stereocenters. The van der Waals surface area contributed by atoms with E-state index in [1.54, 1.807) is 0 Å². The number of hydrogen-bond donors (Lipinski definition) is 1. The van der Waals surface area contributed by atoms with Gasteiger partial charge in [-0.1, -0.05) is 15.9 Å². The van der Waals surface area contributed by atoms with Crippen molar-refractivity contribution in [1.29, 1.82) is 0 Å². The van der Waals surface area contributed by atoms with Gasteiger partial charge in [0.1, 0.15) is 5.82 Å². The van der Waals surface area contributed by atoms with Crippen molar-refractivity contribution < 1.29 is 22.7 Å². The summed E-state index contributed by atoms with van der Waals surface area (Å²) in [6.07, 6.45) is -4.58. The molecule has 0 aliphatic carbocycles. The molecule has 1 aromatic rings. The Morgan fingerprint density at radius 3 is 2.33 bits per heavy atom. The summed E-state index contributed by atoms with van der Waals surface area (Å²) in [5, 5.41) is 8.72. The fourth-order valence-electron chi connectivity index (χ4n) is 1.06. The quantitative estimate of drug-likeness (QED) is 0.654. The summed E-state index contributed by atoms with van der Waals surface area (Å²) in [7, 11) is 0. The zero-order chi connectivity index (χ0) is 11.6. The van der Waals surface area contributed by atoms with E-state index in [-0.39, 0.29) is 5.56 Å². The van der Waals surface area contributed by atoms with Gasteiger partial charge in [0, 0.05) is 0 Å². The molecule has 0 saturated heterocycles. The molecule has 6 heteroatoms. The average Bonchev–Trinajstić information content (AvgIpc) is 2.14. The minimum Gasteiger partial charge on any atom is -0.395 e. The van der Waals surface area contributed by atoms with Crippen LogP contribution in [0.15, 0.2) is 18.2 Å². The summed E-state index contributed by atoms with van der Waals surface area (Å²) in [5.41, 5.74) is -1.000. The smallest absolute Gasteiger partial charge is 0.395 e. The summed E-state index contributed by atoms with van der Waals surface area (Å²) < 4.78 is 49.7. The first kappa shape index (κ1) is 12.4. The zero-order valence-electron chi connectivity index (χ0n) is 7.35. The third-order valence-corrected chi connectivity index (χ3v) is 2.59. The van der Waals surface area contributed by atoms with Crippen molar-refractivity contribution in [1.82, 2.24) is 0 Å². The Hall–Kier alpha value is -0.620. The molecular formula is C9H7BrF4O. The standard InChI is InChI=1S/C9H7BrF4O/c10-8(4-15)5-1-6(9(12,13)14)3-7(11)2-5/h1-3,8,15H,4H2. The van der Waals surface area contributed by atoms with E-state index in [4.69, 9.17) is 5.11 Å². The second-order valence-corrected chi connectivity index (χ2v) is 4.03. The molecule has 0 radical (unpaired) electrons. The minimum atomic E-state index is -4.58. The van der Waals surface area contributed by atoms with Gasteiger partial charge >= 0.3 is 6.18 Å². The molecule has 0 fully saturated rings. The van der Waals surface area contributed by atoms with Gasteiger partial charge in [-0.05, 0) is 23.8 Å². The van der Waals surface area contributed by atoms with E-state index in [1.807, 2.05) is 0 Å². The Morgan fingerprint density at radius 2 is 1.87 bits per heavy atom. The van der Waals surface area contributed by atoms with Gasteiger partial charge in [-0.3, -0.25) is 0 Å². The largest absolute Gasteiger partial charge is 0.416 e. The molecule has 0 aliphatic heterocycles. The highest BCUT2D eigenvalue weighted by Crippen LogP contribution is 2.33. The Bertz CT molecular complexity index is 350. The predicted octanol–water partition coefficient (Wildman–Crippen LogP) is 3.27. The molecule has 0 bridgehead atoms. The summed E-state index contributed by atoms with van der Waals surface area (Å²) in [4.78, 5) is -0.700. The number of aliphatic hydroxyl groups excluding tert-OH is 1. The lowest BCUT2D eigenvalue weighted by Gasteiger charge is -2.11.